The second-order valence-electron chi connectivity index (χ2n) is 5.99. The van der Waals surface area contributed by atoms with Crippen molar-refractivity contribution in [3.8, 4) is 0 Å². The fourth-order valence-corrected chi connectivity index (χ4v) is 3.38. The van der Waals surface area contributed by atoms with E-state index in [1.807, 2.05) is 31.1 Å². The summed E-state index contributed by atoms with van der Waals surface area (Å²) >= 11 is 0. The van der Waals surface area contributed by atoms with Gasteiger partial charge in [0.2, 0.25) is 15.9 Å². The van der Waals surface area contributed by atoms with Gasteiger partial charge in [-0.25, -0.2) is 17.9 Å². The van der Waals surface area contributed by atoms with E-state index in [-0.39, 0.29) is 10.5 Å². The van der Waals surface area contributed by atoms with Crippen LogP contribution in [0, 0.1) is 0 Å². The number of nitrogens with zero attached hydrogens (tertiary/aromatic N) is 1. The number of rotatable bonds is 6. The van der Waals surface area contributed by atoms with Crippen LogP contribution in [-0.4, -0.2) is 39.9 Å². The third kappa shape index (κ3) is 4.36. The fraction of sp³-hybridized carbons (Fsp3) is 0.176. The van der Waals surface area contributed by atoms with Crippen LogP contribution in [0.4, 0.5) is 11.4 Å². The lowest BCUT2D eigenvalue weighted by atomic mass is 10.2. The van der Waals surface area contributed by atoms with Crippen LogP contribution in [0.2, 0.25) is 0 Å². The van der Waals surface area contributed by atoms with E-state index in [1.165, 1.54) is 18.2 Å². The molecule has 0 saturated heterocycles. The molecule has 10 heteroatoms. The summed E-state index contributed by atoms with van der Waals surface area (Å²) in [5.41, 5.74) is 2.03. The van der Waals surface area contributed by atoms with E-state index in [4.69, 9.17) is 4.42 Å². The van der Waals surface area contributed by atoms with E-state index >= 15 is 0 Å². The number of H-pyrrole nitrogens is 1. The van der Waals surface area contributed by atoms with Crippen molar-refractivity contribution >= 4 is 38.4 Å². The van der Waals surface area contributed by atoms with Crippen molar-refractivity contribution < 1.29 is 17.6 Å². The zero-order valence-corrected chi connectivity index (χ0v) is 15.5. The third-order valence-corrected chi connectivity index (χ3v) is 5.19. The van der Waals surface area contributed by atoms with Gasteiger partial charge in [-0.3, -0.25) is 9.78 Å². The molecule has 0 radical (unpaired) electrons. The number of oxazole rings is 1. The van der Waals surface area contributed by atoms with Crippen LogP contribution in [-0.2, 0) is 14.8 Å². The van der Waals surface area contributed by atoms with Crippen LogP contribution in [0.15, 0.2) is 56.6 Å². The minimum absolute atomic E-state index is 0.110. The van der Waals surface area contributed by atoms with E-state index in [0.717, 1.165) is 5.69 Å². The molecule has 142 valence electrons. The number of hydrogen-bond donors (Lipinski definition) is 3. The van der Waals surface area contributed by atoms with Gasteiger partial charge in [-0.1, -0.05) is 0 Å². The van der Waals surface area contributed by atoms with Crippen molar-refractivity contribution in [2.75, 3.05) is 30.9 Å². The zero-order chi connectivity index (χ0) is 19.6. The molecule has 1 amide bonds. The van der Waals surface area contributed by atoms with Gasteiger partial charge in [0.1, 0.15) is 0 Å². The highest BCUT2D eigenvalue weighted by molar-refractivity contribution is 7.89. The van der Waals surface area contributed by atoms with E-state index in [0.29, 0.717) is 11.2 Å². The number of carbonyl (C=O) groups excluding carboxylic acids is 1. The van der Waals surface area contributed by atoms with Gasteiger partial charge >= 0.3 is 5.76 Å². The molecule has 0 aliphatic heterocycles. The first-order valence-electron chi connectivity index (χ1n) is 7.94. The van der Waals surface area contributed by atoms with Gasteiger partial charge in [0.05, 0.1) is 17.0 Å². The van der Waals surface area contributed by atoms with Gasteiger partial charge in [-0.2, -0.15) is 0 Å². The summed E-state index contributed by atoms with van der Waals surface area (Å²) in [5.74, 6) is -1.18. The maximum absolute atomic E-state index is 12.3. The summed E-state index contributed by atoms with van der Waals surface area (Å²) in [6.45, 7) is -0.438. The minimum Gasteiger partial charge on any atom is -0.408 e. The Kier molecular flexibility index (Phi) is 5.02. The van der Waals surface area contributed by atoms with Crippen molar-refractivity contribution in [2.45, 2.75) is 4.90 Å². The van der Waals surface area contributed by atoms with Crippen LogP contribution in [0.5, 0.6) is 0 Å². The molecule has 0 aliphatic carbocycles. The molecule has 9 nitrogen and oxygen atoms in total. The molecule has 0 bridgehead atoms. The van der Waals surface area contributed by atoms with Crippen LogP contribution < -0.4 is 20.7 Å². The van der Waals surface area contributed by atoms with Crippen LogP contribution >= 0.6 is 0 Å². The summed E-state index contributed by atoms with van der Waals surface area (Å²) in [4.78, 5) is 27.4. The average molecular weight is 390 g/mol. The molecule has 0 saturated carbocycles. The first kappa shape index (κ1) is 18.7. The van der Waals surface area contributed by atoms with Crippen molar-refractivity contribution in [1.29, 1.82) is 0 Å². The summed E-state index contributed by atoms with van der Waals surface area (Å²) < 4.78 is 31.7. The van der Waals surface area contributed by atoms with Crippen molar-refractivity contribution in [1.82, 2.24) is 9.71 Å². The molecular formula is C17H18N4O5S. The Bertz CT molecular complexity index is 1130. The molecule has 0 atom stereocenters. The fourth-order valence-electron chi connectivity index (χ4n) is 2.38. The number of amides is 1. The number of sulfonamides is 1. The number of hydrogen-bond acceptors (Lipinski definition) is 6. The molecular weight excluding hydrogens is 372 g/mol. The van der Waals surface area contributed by atoms with Gasteiger partial charge < -0.3 is 14.6 Å². The Morgan fingerprint density at radius 2 is 1.85 bits per heavy atom. The maximum atomic E-state index is 12.3. The second-order valence-corrected chi connectivity index (χ2v) is 7.75. The predicted molar refractivity (Wildman–Crippen MR) is 101 cm³/mol. The van der Waals surface area contributed by atoms with Crippen molar-refractivity contribution in [3.05, 3.63) is 53.0 Å². The molecule has 2 aromatic carbocycles. The number of nitrogens with one attached hydrogen (secondary N) is 3. The SMILES string of the molecule is CN(C)c1ccc(NC(=O)CNS(=O)(=O)c2ccc3[nH]c(=O)oc3c2)cc1. The lowest BCUT2D eigenvalue weighted by Crippen LogP contribution is -2.32. The Morgan fingerprint density at radius 3 is 2.52 bits per heavy atom. The van der Waals surface area contributed by atoms with E-state index in [2.05, 4.69) is 15.0 Å². The number of aromatic amines is 1. The number of anilines is 2. The third-order valence-electron chi connectivity index (χ3n) is 3.79. The van der Waals surface area contributed by atoms with Gasteiger partial charge in [0, 0.05) is 31.5 Å². The zero-order valence-electron chi connectivity index (χ0n) is 14.6. The first-order valence-corrected chi connectivity index (χ1v) is 9.43. The summed E-state index contributed by atoms with van der Waals surface area (Å²) in [5, 5.41) is 2.62. The standard InChI is InChI=1S/C17H18N4O5S/c1-21(2)12-5-3-11(4-6-12)19-16(22)10-18-27(24,25)13-7-8-14-15(9-13)26-17(23)20-14/h3-9,18H,10H2,1-2H3,(H,19,22)(H,20,23). The molecule has 3 aromatic rings. The molecule has 1 heterocycles. The second kappa shape index (κ2) is 7.25. The predicted octanol–water partition coefficient (Wildman–Crippen LogP) is 1.10. The molecule has 3 rings (SSSR count). The number of fused-ring (bicyclic) bond motifs is 1. The van der Waals surface area contributed by atoms with Crippen LogP contribution in [0.1, 0.15) is 0 Å². The van der Waals surface area contributed by atoms with Gasteiger partial charge in [0.25, 0.3) is 0 Å². The van der Waals surface area contributed by atoms with Gasteiger partial charge in [-0.15, -0.1) is 0 Å². The molecule has 3 N–H and O–H groups in total. The quantitative estimate of drug-likeness (QED) is 0.579. The van der Waals surface area contributed by atoms with Gasteiger partial charge in [0.15, 0.2) is 5.58 Å². The van der Waals surface area contributed by atoms with Crippen molar-refractivity contribution in [3.63, 3.8) is 0 Å². The number of aromatic nitrogens is 1. The molecule has 27 heavy (non-hydrogen) atoms. The van der Waals surface area contributed by atoms with Gasteiger partial charge in [-0.05, 0) is 36.4 Å². The number of carbonyl (C=O) groups is 1. The van der Waals surface area contributed by atoms with Crippen LogP contribution in [0.3, 0.4) is 0 Å². The Balaban J connectivity index is 1.64. The maximum Gasteiger partial charge on any atom is 0.417 e. The smallest absolute Gasteiger partial charge is 0.408 e. The first-order chi connectivity index (χ1) is 12.7. The largest absolute Gasteiger partial charge is 0.417 e. The lowest BCUT2D eigenvalue weighted by molar-refractivity contribution is -0.115. The highest BCUT2D eigenvalue weighted by atomic mass is 32.2. The van der Waals surface area contributed by atoms with E-state index in [9.17, 15) is 18.0 Å². The summed E-state index contributed by atoms with van der Waals surface area (Å²) in [6.07, 6.45) is 0. The average Bonchev–Trinajstić information content (AvgIpc) is 2.99. The molecule has 1 aromatic heterocycles. The molecule has 0 spiro atoms. The normalized spacial score (nSPS) is 11.5. The highest BCUT2D eigenvalue weighted by Gasteiger charge is 2.17. The summed E-state index contributed by atoms with van der Waals surface area (Å²) in [7, 11) is -0.139. The van der Waals surface area contributed by atoms with Crippen molar-refractivity contribution in [2.24, 2.45) is 0 Å². The molecule has 0 fully saturated rings. The Labute approximate surface area is 155 Å². The highest BCUT2D eigenvalue weighted by Crippen LogP contribution is 2.17. The number of benzene rings is 2. The molecule has 0 unspecified atom stereocenters. The van der Waals surface area contributed by atoms with Crippen LogP contribution in [0.25, 0.3) is 11.1 Å². The minimum atomic E-state index is -3.94. The monoisotopic (exact) mass is 390 g/mol. The Morgan fingerprint density at radius 1 is 1.15 bits per heavy atom. The molecule has 0 aliphatic rings. The Hall–Kier alpha value is -3.11. The lowest BCUT2D eigenvalue weighted by Gasteiger charge is -2.13. The van der Waals surface area contributed by atoms with E-state index < -0.39 is 28.2 Å². The summed E-state index contributed by atoms with van der Waals surface area (Å²) in [6, 6.07) is 11.1. The van der Waals surface area contributed by atoms with E-state index in [1.54, 1.807) is 12.1 Å². The topological polar surface area (TPSA) is 125 Å².